The Morgan fingerprint density at radius 3 is 2.00 bits per heavy atom. The molecule has 0 radical (unpaired) electrons. The Balaban J connectivity index is 1.49. The highest BCUT2D eigenvalue weighted by molar-refractivity contribution is 7.20. The van der Waals surface area contributed by atoms with Crippen LogP contribution in [0.1, 0.15) is 49.1 Å². The van der Waals surface area contributed by atoms with Crippen LogP contribution >= 0.6 is 22.7 Å². The van der Waals surface area contributed by atoms with Gasteiger partial charge in [0.05, 0.1) is 27.7 Å². The normalized spacial score (nSPS) is 14.4. The van der Waals surface area contributed by atoms with Crippen LogP contribution in [0.4, 0.5) is 0 Å². The topological polar surface area (TPSA) is 0 Å². The Kier molecular flexibility index (Phi) is 4.53. The highest BCUT2D eigenvalue weighted by Crippen LogP contribution is 2.51. The van der Waals surface area contributed by atoms with Gasteiger partial charge in [0.2, 0.25) is 0 Å². The third kappa shape index (κ3) is 3.41. The van der Waals surface area contributed by atoms with E-state index in [1.807, 2.05) is 22.7 Å². The molecule has 2 aromatic heterocycles. The fourth-order valence-electron chi connectivity index (χ4n) is 3.32. The van der Waals surface area contributed by atoms with Gasteiger partial charge in [-0.3, -0.25) is 0 Å². The van der Waals surface area contributed by atoms with Gasteiger partial charge in [-0.05, 0) is 53.3 Å². The van der Waals surface area contributed by atoms with E-state index in [0.29, 0.717) is 5.92 Å². The summed E-state index contributed by atoms with van der Waals surface area (Å²) in [4.78, 5) is 3.10. The number of thiophene rings is 2. The Morgan fingerprint density at radius 2 is 1.43 bits per heavy atom. The third-order valence-corrected chi connectivity index (χ3v) is 6.44. The molecule has 2 aromatic rings. The van der Waals surface area contributed by atoms with Gasteiger partial charge in [0.15, 0.2) is 0 Å². The molecule has 0 atom stereocenters. The van der Waals surface area contributed by atoms with Crippen LogP contribution in [0.25, 0.3) is 9.75 Å². The predicted octanol–water partition coefficient (Wildman–Crippen LogP) is 5.58. The molecule has 0 fully saturated rings. The van der Waals surface area contributed by atoms with Crippen LogP contribution in [-0.2, 0) is 0 Å². The molecule has 0 amide bonds. The van der Waals surface area contributed by atoms with Crippen molar-refractivity contribution in [2.75, 3.05) is 27.7 Å². The molecule has 3 heteroatoms. The summed E-state index contributed by atoms with van der Waals surface area (Å²) >= 11 is 3.84. The van der Waals surface area contributed by atoms with Crippen molar-refractivity contribution in [3.05, 3.63) is 34.0 Å². The SMILES string of the molecule is C[N+](C)(C)CCCCCCC1c2ccsc2-c2sccc21. The van der Waals surface area contributed by atoms with E-state index >= 15 is 0 Å². The van der Waals surface area contributed by atoms with Crippen molar-refractivity contribution in [2.45, 2.75) is 38.0 Å². The molecule has 0 N–H and O–H groups in total. The fraction of sp³-hybridized carbons (Fsp3) is 0.556. The predicted molar refractivity (Wildman–Crippen MR) is 95.5 cm³/mol. The number of hydrogen-bond donors (Lipinski definition) is 0. The van der Waals surface area contributed by atoms with Gasteiger partial charge >= 0.3 is 0 Å². The molecule has 21 heavy (non-hydrogen) atoms. The zero-order valence-electron chi connectivity index (χ0n) is 13.4. The average molecular weight is 321 g/mol. The molecule has 0 saturated carbocycles. The van der Waals surface area contributed by atoms with Gasteiger partial charge < -0.3 is 4.48 Å². The quantitative estimate of drug-likeness (QED) is 0.461. The van der Waals surface area contributed by atoms with Gasteiger partial charge in [-0.25, -0.2) is 0 Å². The van der Waals surface area contributed by atoms with E-state index in [1.165, 1.54) is 38.6 Å². The molecular formula is C18H26NS2+. The number of hydrogen-bond acceptors (Lipinski definition) is 2. The van der Waals surface area contributed by atoms with E-state index in [0.717, 1.165) is 4.48 Å². The van der Waals surface area contributed by atoms with Gasteiger partial charge in [-0.2, -0.15) is 0 Å². The van der Waals surface area contributed by atoms with Crippen molar-refractivity contribution in [3.63, 3.8) is 0 Å². The average Bonchev–Trinajstić information content (AvgIpc) is 3.07. The highest BCUT2D eigenvalue weighted by Gasteiger charge is 2.30. The minimum atomic E-state index is 0.686. The summed E-state index contributed by atoms with van der Waals surface area (Å²) in [6, 6.07) is 4.71. The second-order valence-electron chi connectivity index (χ2n) is 7.18. The molecule has 0 aliphatic heterocycles. The highest BCUT2D eigenvalue weighted by atomic mass is 32.1. The Hall–Kier alpha value is -0.640. The minimum Gasteiger partial charge on any atom is -0.331 e. The molecule has 1 nitrogen and oxygen atoms in total. The second kappa shape index (κ2) is 6.23. The molecule has 1 aliphatic carbocycles. The number of nitrogens with zero attached hydrogens (tertiary/aromatic N) is 1. The van der Waals surface area contributed by atoms with Crippen LogP contribution in [0, 0.1) is 0 Å². The molecule has 0 bridgehead atoms. The van der Waals surface area contributed by atoms with Gasteiger partial charge in [0, 0.05) is 15.7 Å². The molecule has 2 heterocycles. The molecule has 0 unspecified atom stereocenters. The van der Waals surface area contributed by atoms with Crippen LogP contribution < -0.4 is 0 Å². The summed E-state index contributed by atoms with van der Waals surface area (Å²) < 4.78 is 1.10. The lowest BCUT2D eigenvalue weighted by Crippen LogP contribution is -2.35. The summed E-state index contributed by atoms with van der Waals surface area (Å²) in [5.41, 5.74) is 3.21. The van der Waals surface area contributed by atoms with Crippen molar-refractivity contribution in [1.29, 1.82) is 0 Å². The Bertz CT molecular complexity index is 548. The summed E-state index contributed by atoms with van der Waals surface area (Å²) in [5.74, 6) is 0.686. The largest absolute Gasteiger partial charge is 0.331 e. The van der Waals surface area contributed by atoms with E-state index in [-0.39, 0.29) is 0 Å². The first kappa shape index (κ1) is 15.3. The van der Waals surface area contributed by atoms with E-state index in [1.54, 1.807) is 20.9 Å². The molecule has 1 aliphatic rings. The van der Waals surface area contributed by atoms with Crippen LogP contribution in [0.3, 0.4) is 0 Å². The smallest absolute Gasteiger partial charge is 0.0780 e. The van der Waals surface area contributed by atoms with Gasteiger partial charge in [0.1, 0.15) is 0 Å². The van der Waals surface area contributed by atoms with Crippen LogP contribution in [0.2, 0.25) is 0 Å². The van der Waals surface area contributed by atoms with Crippen LogP contribution in [-0.4, -0.2) is 32.2 Å². The van der Waals surface area contributed by atoms with Gasteiger partial charge in [-0.15, -0.1) is 22.7 Å². The maximum absolute atomic E-state index is 2.36. The summed E-state index contributed by atoms with van der Waals surface area (Å²) in [6.45, 7) is 1.30. The molecule has 0 spiro atoms. The summed E-state index contributed by atoms with van der Waals surface area (Å²) in [5, 5.41) is 4.53. The molecular weight excluding hydrogens is 294 g/mol. The van der Waals surface area contributed by atoms with Gasteiger partial charge in [-0.1, -0.05) is 12.8 Å². The molecule has 3 rings (SSSR count). The monoisotopic (exact) mass is 320 g/mol. The Labute approximate surface area is 136 Å². The standard InChI is InChI=1S/C18H26NS2/c1-19(2,3)11-7-5-4-6-8-14-15-9-12-20-17(15)18-16(14)10-13-21-18/h9-10,12-14H,4-8,11H2,1-3H3/q+1. The number of unbranched alkanes of at least 4 members (excludes halogenated alkanes) is 3. The van der Waals surface area contributed by atoms with Crippen molar-refractivity contribution in [2.24, 2.45) is 0 Å². The van der Waals surface area contributed by atoms with Crippen molar-refractivity contribution in [3.8, 4) is 9.75 Å². The molecule has 0 saturated heterocycles. The fourth-order valence-corrected chi connectivity index (χ4v) is 5.46. The molecule has 0 aromatic carbocycles. The van der Waals surface area contributed by atoms with E-state index in [4.69, 9.17) is 0 Å². The van der Waals surface area contributed by atoms with Crippen molar-refractivity contribution >= 4 is 22.7 Å². The first-order valence-corrected chi connectivity index (χ1v) is 9.78. The van der Waals surface area contributed by atoms with Crippen molar-refractivity contribution in [1.82, 2.24) is 0 Å². The lowest BCUT2D eigenvalue weighted by molar-refractivity contribution is -0.870. The zero-order valence-corrected chi connectivity index (χ0v) is 15.0. The number of quaternary nitrogens is 1. The van der Waals surface area contributed by atoms with E-state index in [9.17, 15) is 0 Å². The first-order valence-electron chi connectivity index (χ1n) is 8.02. The molecule has 114 valence electrons. The number of rotatable bonds is 7. The van der Waals surface area contributed by atoms with Crippen LogP contribution in [0.5, 0.6) is 0 Å². The Morgan fingerprint density at radius 1 is 0.857 bits per heavy atom. The van der Waals surface area contributed by atoms with Crippen LogP contribution in [0.15, 0.2) is 22.9 Å². The first-order chi connectivity index (χ1) is 10.1. The third-order valence-electron chi connectivity index (χ3n) is 4.42. The second-order valence-corrected chi connectivity index (χ2v) is 9.01. The zero-order chi connectivity index (χ0) is 14.9. The lowest BCUT2D eigenvalue weighted by atomic mass is 9.93. The van der Waals surface area contributed by atoms with E-state index < -0.39 is 0 Å². The van der Waals surface area contributed by atoms with E-state index in [2.05, 4.69) is 44.0 Å². The maximum Gasteiger partial charge on any atom is 0.0780 e. The lowest BCUT2D eigenvalue weighted by Gasteiger charge is -2.23. The van der Waals surface area contributed by atoms with Gasteiger partial charge in [0.25, 0.3) is 0 Å². The maximum atomic E-state index is 2.36. The minimum absolute atomic E-state index is 0.686. The summed E-state index contributed by atoms with van der Waals surface area (Å²) in [6.07, 6.45) is 6.83. The summed E-state index contributed by atoms with van der Waals surface area (Å²) in [7, 11) is 6.86. The van der Waals surface area contributed by atoms with Crippen molar-refractivity contribution < 1.29 is 4.48 Å². The number of fused-ring (bicyclic) bond motifs is 3.